The summed E-state index contributed by atoms with van der Waals surface area (Å²) in [5.74, 6) is 1.57. The van der Waals surface area contributed by atoms with Crippen LogP contribution in [0.3, 0.4) is 0 Å². The molecule has 0 N–H and O–H groups in total. The third-order valence-electron chi connectivity index (χ3n) is 4.84. The molecule has 0 radical (unpaired) electrons. The molecule has 2 fully saturated rings. The average molecular weight is 354 g/mol. The largest absolute Gasteiger partial charge is 0.372 e. The zero-order chi connectivity index (χ0) is 18.1. The molecule has 136 valence electrons. The molecule has 2 aromatic rings. The van der Waals surface area contributed by atoms with Gasteiger partial charge in [0.1, 0.15) is 5.82 Å². The van der Waals surface area contributed by atoms with E-state index in [1.807, 2.05) is 30.0 Å². The summed E-state index contributed by atoms with van der Waals surface area (Å²) in [6.45, 7) is 2.59. The first kappa shape index (κ1) is 16.7. The molecular formula is C18H22N6O2. The lowest BCUT2D eigenvalue weighted by atomic mass is 10.1. The maximum Gasteiger partial charge on any atom is 0.254 e. The molecule has 0 saturated carbocycles. The Bertz CT molecular complexity index is 784. The van der Waals surface area contributed by atoms with Gasteiger partial charge in [-0.25, -0.2) is 4.98 Å². The Balaban J connectivity index is 1.55. The third-order valence-corrected chi connectivity index (χ3v) is 4.84. The summed E-state index contributed by atoms with van der Waals surface area (Å²) in [6, 6.07) is 5.51. The van der Waals surface area contributed by atoms with Crippen molar-refractivity contribution in [3.8, 4) is 0 Å². The number of nitrogens with zero attached hydrogens (tertiary/aromatic N) is 6. The minimum atomic E-state index is -0.00712. The molecule has 8 nitrogen and oxygen atoms in total. The lowest BCUT2D eigenvalue weighted by Crippen LogP contribution is -2.51. The minimum absolute atomic E-state index is 0.00712. The molecule has 1 amide bonds. The Kier molecular flexibility index (Phi) is 4.42. The highest BCUT2D eigenvalue weighted by Gasteiger charge is 2.42. The van der Waals surface area contributed by atoms with Crippen molar-refractivity contribution in [2.24, 2.45) is 0 Å². The quantitative estimate of drug-likeness (QED) is 0.802. The van der Waals surface area contributed by atoms with Crippen LogP contribution in [0.5, 0.6) is 0 Å². The minimum Gasteiger partial charge on any atom is -0.372 e. The maximum atomic E-state index is 12.8. The molecule has 2 atom stereocenters. The summed E-state index contributed by atoms with van der Waals surface area (Å²) in [6.07, 6.45) is 5.05. The molecule has 0 aromatic carbocycles. The van der Waals surface area contributed by atoms with Crippen LogP contribution >= 0.6 is 0 Å². The number of hydrogen-bond acceptors (Lipinski definition) is 7. The molecule has 2 aromatic heterocycles. The van der Waals surface area contributed by atoms with Crippen LogP contribution in [0.25, 0.3) is 0 Å². The molecule has 4 rings (SSSR count). The summed E-state index contributed by atoms with van der Waals surface area (Å²) in [7, 11) is 3.85. The second-order valence-electron chi connectivity index (χ2n) is 6.73. The number of ether oxygens (including phenoxy) is 1. The molecule has 2 saturated heterocycles. The summed E-state index contributed by atoms with van der Waals surface area (Å²) < 4.78 is 5.95. The van der Waals surface area contributed by atoms with Crippen molar-refractivity contribution in [3.63, 3.8) is 0 Å². The van der Waals surface area contributed by atoms with E-state index in [-0.39, 0.29) is 18.1 Å². The van der Waals surface area contributed by atoms with Gasteiger partial charge in [0.2, 0.25) is 5.95 Å². The molecule has 2 aliphatic rings. The molecule has 8 heteroatoms. The number of fused-ring (bicyclic) bond motifs is 1. The summed E-state index contributed by atoms with van der Waals surface area (Å²) >= 11 is 0. The molecule has 0 aliphatic carbocycles. The van der Waals surface area contributed by atoms with E-state index in [9.17, 15) is 4.79 Å². The lowest BCUT2D eigenvalue weighted by Gasteiger charge is -2.37. The van der Waals surface area contributed by atoms with Crippen molar-refractivity contribution in [2.75, 3.05) is 50.1 Å². The molecule has 4 heterocycles. The van der Waals surface area contributed by atoms with Crippen molar-refractivity contribution < 1.29 is 9.53 Å². The van der Waals surface area contributed by atoms with E-state index < -0.39 is 0 Å². The third kappa shape index (κ3) is 3.08. The van der Waals surface area contributed by atoms with Gasteiger partial charge in [0.25, 0.3) is 5.91 Å². The van der Waals surface area contributed by atoms with E-state index in [0.717, 1.165) is 12.4 Å². The van der Waals surface area contributed by atoms with Crippen molar-refractivity contribution in [2.45, 2.75) is 12.1 Å². The number of carbonyl (C=O) groups excluding carboxylic acids is 1. The Morgan fingerprint density at radius 1 is 1.19 bits per heavy atom. The van der Waals surface area contributed by atoms with Gasteiger partial charge < -0.3 is 19.4 Å². The number of rotatable bonds is 3. The normalized spacial score (nSPS) is 22.2. The van der Waals surface area contributed by atoms with Crippen LogP contribution in [-0.4, -0.2) is 78.2 Å². The van der Waals surface area contributed by atoms with Crippen LogP contribution in [-0.2, 0) is 4.74 Å². The van der Waals surface area contributed by atoms with Gasteiger partial charge >= 0.3 is 0 Å². The van der Waals surface area contributed by atoms with Gasteiger partial charge in [-0.2, -0.15) is 4.98 Å². The highest BCUT2D eigenvalue weighted by atomic mass is 16.5. The lowest BCUT2D eigenvalue weighted by molar-refractivity contribution is 0.0299. The number of morpholine rings is 1. The van der Waals surface area contributed by atoms with Crippen molar-refractivity contribution in [1.29, 1.82) is 0 Å². The SMILES string of the molecule is CN(C)c1nccc(N2CCO[C@@H]3CN(C(=O)c4ccncc4)C[C@@H]32)n1. The molecule has 26 heavy (non-hydrogen) atoms. The monoisotopic (exact) mass is 354 g/mol. The summed E-state index contributed by atoms with van der Waals surface area (Å²) in [5, 5.41) is 0. The highest BCUT2D eigenvalue weighted by Crippen LogP contribution is 2.28. The molecule has 0 unspecified atom stereocenters. The number of aromatic nitrogens is 3. The first-order valence-corrected chi connectivity index (χ1v) is 8.71. The van der Waals surface area contributed by atoms with Gasteiger partial charge in [-0.1, -0.05) is 0 Å². The van der Waals surface area contributed by atoms with E-state index in [1.165, 1.54) is 0 Å². The fraction of sp³-hybridized carbons (Fsp3) is 0.444. The van der Waals surface area contributed by atoms with Crippen LogP contribution in [0.2, 0.25) is 0 Å². The number of carbonyl (C=O) groups is 1. The van der Waals surface area contributed by atoms with Gasteiger partial charge in [0.15, 0.2) is 0 Å². The van der Waals surface area contributed by atoms with E-state index in [2.05, 4.69) is 19.9 Å². The average Bonchev–Trinajstić information content (AvgIpc) is 3.12. The smallest absolute Gasteiger partial charge is 0.254 e. The van der Waals surface area contributed by atoms with E-state index in [1.54, 1.807) is 30.7 Å². The van der Waals surface area contributed by atoms with Crippen LogP contribution in [0, 0.1) is 0 Å². The van der Waals surface area contributed by atoms with E-state index >= 15 is 0 Å². The van der Waals surface area contributed by atoms with Crippen LogP contribution < -0.4 is 9.80 Å². The Hall–Kier alpha value is -2.74. The highest BCUT2D eigenvalue weighted by molar-refractivity contribution is 5.94. The van der Waals surface area contributed by atoms with E-state index in [4.69, 9.17) is 4.74 Å². The van der Waals surface area contributed by atoms with Crippen LogP contribution in [0.1, 0.15) is 10.4 Å². The van der Waals surface area contributed by atoms with Gasteiger partial charge in [-0.3, -0.25) is 9.78 Å². The Morgan fingerprint density at radius 2 is 2.00 bits per heavy atom. The van der Waals surface area contributed by atoms with Gasteiger partial charge in [-0.05, 0) is 18.2 Å². The van der Waals surface area contributed by atoms with Crippen molar-refractivity contribution in [3.05, 3.63) is 42.4 Å². The van der Waals surface area contributed by atoms with Crippen LogP contribution in [0.15, 0.2) is 36.8 Å². The van der Waals surface area contributed by atoms with Crippen molar-refractivity contribution in [1.82, 2.24) is 19.9 Å². The first-order valence-electron chi connectivity index (χ1n) is 8.71. The van der Waals surface area contributed by atoms with E-state index in [0.29, 0.717) is 31.2 Å². The summed E-state index contributed by atoms with van der Waals surface area (Å²) in [4.78, 5) is 31.7. The molecule has 0 spiro atoms. The fourth-order valence-corrected chi connectivity index (χ4v) is 3.53. The number of pyridine rings is 1. The molecule has 0 bridgehead atoms. The second-order valence-corrected chi connectivity index (χ2v) is 6.73. The van der Waals surface area contributed by atoms with Gasteiger partial charge in [0, 0.05) is 57.9 Å². The standard InChI is InChI=1S/C18H22N6O2/c1-22(2)18-20-8-5-16(21-18)24-9-10-26-15-12-23(11-14(15)24)17(25)13-3-6-19-7-4-13/h3-8,14-15H,9-12H2,1-2H3/t14-,15+/m0/s1. The van der Waals surface area contributed by atoms with Gasteiger partial charge in [0.05, 0.1) is 18.8 Å². The predicted molar refractivity (Wildman–Crippen MR) is 97.4 cm³/mol. The molecular weight excluding hydrogens is 332 g/mol. The number of likely N-dealkylation sites (tertiary alicyclic amines) is 1. The maximum absolute atomic E-state index is 12.8. The second kappa shape index (κ2) is 6.87. The topological polar surface area (TPSA) is 74.7 Å². The number of amides is 1. The summed E-state index contributed by atoms with van der Waals surface area (Å²) in [5.41, 5.74) is 0.655. The predicted octanol–water partition coefficient (Wildman–Crippen LogP) is 0.667. The van der Waals surface area contributed by atoms with Crippen molar-refractivity contribution >= 4 is 17.7 Å². The first-order chi connectivity index (χ1) is 12.6. The zero-order valence-corrected chi connectivity index (χ0v) is 14.9. The number of hydrogen-bond donors (Lipinski definition) is 0. The van der Waals surface area contributed by atoms with Gasteiger partial charge in [-0.15, -0.1) is 0 Å². The molecule has 2 aliphatic heterocycles. The fourth-order valence-electron chi connectivity index (χ4n) is 3.53. The Labute approximate surface area is 152 Å². The zero-order valence-electron chi connectivity index (χ0n) is 14.9. The van der Waals surface area contributed by atoms with Crippen LogP contribution in [0.4, 0.5) is 11.8 Å². The Morgan fingerprint density at radius 3 is 2.77 bits per heavy atom. The number of anilines is 2.